The van der Waals surface area contributed by atoms with Crippen LogP contribution in [0.3, 0.4) is 0 Å². The molecule has 0 radical (unpaired) electrons. The first-order valence-electron chi connectivity index (χ1n) is 7.04. The molecule has 0 aliphatic heterocycles. The second-order valence-electron chi connectivity index (χ2n) is 4.67. The summed E-state index contributed by atoms with van der Waals surface area (Å²) in [6.45, 7) is 2.93. The highest BCUT2D eigenvalue weighted by atomic mass is 32.2. The van der Waals surface area contributed by atoms with Gasteiger partial charge in [0.05, 0.1) is 13.2 Å². The molecule has 0 bridgehead atoms. The van der Waals surface area contributed by atoms with Gasteiger partial charge in [0.1, 0.15) is 5.25 Å². The summed E-state index contributed by atoms with van der Waals surface area (Å²) >= 11 is 1.22. The predicted octanol–water partition coefficient (Wildman–Crippen LogP) is 2.55. The first kappa shape index (κ1) is 16.5. The molecule has 2 rings (SSSR count). The maximum atomic E-state index is 11.2. The van der Waals surface area contributed by atoms with Crippen molar-refractivity contribution in [2.75, 3.05) is 13.7 Å². The van der Waals surface area contributed by atoms with Gasteiger partial charge >= 0.3 is 5.97 Å². The Morgan fingerprint density at radius 1 is 1.36 bits per heavy atom. The van der Waals surface area contributed by atoms with E-state index in [-0.39, 0.29) is 0 Å². The smallest absolute Gasteiger partial charge is 0.317 e. The van der Waals surface area contributed by atoms with Crippen molar-refractivity contribution in [3.8, 4) is 11.4 Å². The quantitative estimate of drug-likeness (QED) is 0.753. The van der Waals surface area contributed by atoms with Crippen LogP contribution in [0.1, 0.15) is 13.3 Å². The first-order valence-corrected chi connectivity index (χ1v) is 7.92. The summed E-state index contributed by atoms with van der Waals surface area (Å²) in [5.41, 5.74) is 0.946. The second-order valence-corrected chi connectivity index (χ2v) is 5.84. The number of nitrogens with zero attached hydrogens (tertiary/aromatic N) is 3. The molecule has 0 amide bonds. The van der Waals surface area contributed by atoms with Gasteiger partial charge in [-0.3, -0.25) is 9.36 Å². The fraction of sp³-hybridized carbons (Fsp3) is 0.400. The lowest BCUT2D eigenvalue weighted by Crippen LogP contribution is -2.16. The van der Waals surface area contributed by atoms with Gasteiger partial charge in [-0.1, -0.05) is 49.0 Å². The van der Waals surface area contributed by atoms with E-state index in [4.69, 9.17) is 4.74 Å². The van der Waals surface area contributed by atoms with E-state index in [2.05, 4.69) is 10.2 Å². The third-order valence-corrected chi connectivity index (χ3v) is 4.49. The summed E-state index contributed by atoms with van der Waals surface area (Å²) in [5.74, 6) is -0.115. The fourth-order valence-corrected chi connectivity index (χ4v) is 2.91. The van der Waals surface area contributed by atoms with Crippen LogP contribution < -0.4 is 0 Å². The van der Waals surface area contributed by atoms with E-state index in [9.17, 15) is 9.90 Å². The lowest BCUT2D eigenvalue weighted by molar-refractivity contribution is -0.136. The second kappa shape index (κ2) is 7.95. The minimum Gasteiger partial charge on any atom is -0.480 e. The number of thioether (sulfide) groups is 1. The van der Waals surface area contributed by atoms with Crippen molar-refractivity contribution in [2.45, 2.75) is 30.3 Å². The Hall–Kier alpha value is -1.86. The van der Waals surface area contributed by atoms with Crippen LogP contribution >= 0.6 is 11.8 Å². The van der Waals surface area contributed by atoms with Crippen molar-refractivity contribution in [2.24, 2.45) is 0 Å². The topological polar surface area (TPSA) is 77.2 Å². The molecule has 2 aromatic rings. The zero-order valence-electron chi connectivity index (χ0n) is 12.6. The molecule has 1 aromatic heterocycles. The molecule has 1 N–H and O–H groups in total. The highest BCUT2D eigenvalue weighted by molar-refractivity contribution is 8.00. The molecule has 0 aliphatic carbocycles. The standard InChI is InChI=1S/C15H19N3O3S/c1-3-12(14(19)20)22-15-17-16-13(18(15)9-10-21-2)11-7-5-4-6-8-11/h4-8,12H,3,9-10H2,1-2H3,(H,19,20). The van der Waals surface area contributed by atoms with E-state index in [1.807, 2.05) is 41.8 Å². The third-order valence-electron chi connectivity index (χ3n) is 3.16. The minimum absolute atomic E-state index is 0.509. The molecule has 0 spiro atoms. The molecule has 1 unspecified atom stereocenters. The van der Waals surface area contributed by atoms with Crippen LogP contribution in [0.5, 0.6) is 0 Å². The number of rotatable bonds is 8. The van der Waals surface area contributed by atoms with Crippen molar-refractivity contribution in [1.82, 2.24) is 14.8 Å². The van der Waals surface area contributed by atoms with Crippen molar-refractivity contribution >= 4 is 17.7 Å². The van der Waals surface area contributed by atoms with Crippen LogP contribution in [-0.4, -0.2) is 44.8 Å². The lowest BCUT2D eigenvalue weighted by Gasteiger charge is -2.12. The van der Waals surface area contributed by atoms with E-state index in [1.54, 1.807) is 7.11 Å². The molecular formula is C15H19N3O3S. The van der Waals surface area contributed by atoms with E-state index in [0.717, 1.165) is 11.4 Å². The van der Waals surface area contributed by atoms with Gasteiger partial charge < -0.3 is 9.84 Å². The SMILES string of the molecule is CCC(Sc1nnc(-c2ccccc2)n1CCOC)C(=O)O. The van der Waals surface area contributed by atoms with Gasteiger partial charge in [0.2, 0.25) is 0 Å². The van der Waals surface area contributed by atoms with Crippen molar-refractivity contribution in [3.63, 3.8) is 0 Å². The van der Waals surface area contributed by atoms with Gasteiger partial charge in [0.15, 0.2) is 11.0 Å². The number of carboxylic acid groups (broad SMARTS) is 1. The van der Waals surface area contributed by atoms with Gasteiger partial charge in [-0.2, -0.15) is 0 Å². The molecule has 0 aliphatic rings. The molecule has 118 valence electrons. The Labute approximate surface area is 133 Å². The maximum Gasteiger partial charge on any atom is 0.317 e. The number of methoxy groups -OCH3 is 1. The van der Waals surface area contributed by atoms with Crippen molar-refractivity contribution in [1.29, 1.82) is 0 Å². The Morgan fingerprint density at radius 2 is 2.09 bits per heavy atom. The monoisotopic (exact) mass is 321 g/mol. The Bertz CT molecular complexity index is 616. The number of hydrogen-bond acceptors (Lipinski definition) is 5. The number of aliphatic carboxylic acids is 1. The Kier molecular flexibility index (Phi) is 5.97. The van der Waals surface area contributed by atoms with Crippen LogP contribution in [0.15, 0.2) is 35.5 Å². The van der Waals surface area contributed by atoms with Crippen molar-refractivity contribution < 1.29 is 14.6 Å². The number of benzene rings is 1. The Morgan fingerprint density at radius 3 is 2.68 bits per heavy atom. The largest absolute Gasteiger partial charge is 0.480 e. The average Bonchev–Trinajstić information content (AvgIpc) is 2.93. The molecule has 6 nitrogen and oxygen atoms in total. The normalized spacial score (nSPS) is 12.3. The van der Waals surface area contributed by atoms with Gasteiger partial charge in [-0.05, 0) is 6.42 Å². The molecule has 22 heavy (non-hydrogen) atoms. The van der Waals surface area contributed by atoms with Crippen molar-refractivity contribution in [3.05, 3.63) is 30.3 Å². The highest BCUT2D eigenvalue weighted by Gasteiger charge is 2.22. The minimum atomic E-state index is -0.838. The third kappa shape index (κ3) is 3.86. The van der Waals surface area contributed by atoms with E-state index in [1.165, 1.54) is 11.8 Å². The zero-order chi connectivity index (χ0) is 15.9. The maximum absolute atomic E-state index is 11.2. The van der Waals surface area contributed by atoms with Crippen LogP contribution in [0.2, 0.25) is 0 Å². The van der Waals surface area contributed by atoms with Crippen LogP contribution in [0.25, 0.3) is 11.4 Å². The zero-order valence-corrected chi connectivity index (χ0v) is 13.4. The van der Waals surface area contributed by atoms with E-state index < -0.39 is 11.2 Å². The predicted molar refractivity (Wildman–Crippen MR) is 84.9 cm³/mol. The molecular weight excluding hydrogens is 302 g/mol. The van der Waals surface area contributed by atoms with E-state index >= 15 is 0 Å². The number of ether oxygens (including phenoxy) is 1. The summed E-state index contributed by atoms with van der Waals surface area (Å²) in [5, 5.41) is 17.7. The van der Waals surface area contributed by atoms with Crippen LogP contribution in [0.4, 0.5) is 0 Å². The molecule has 0 saturated carbocycles. The molecule has 7 heteroatoms. The number of aromatic nitrogens is 3. The van der Waals surface area contributed by atoms with Gasteiger partial charge in [-0.25, -0.2) is 0 Å². The first-order chi connectivity index (χ1) is 10.7. The summed E-state index contributed by atoms with van der Waals surface area (Å²) in [6, 6.07) is 9.71. The number of hydrogen-bond donors (Lipinski definition) is 1. The van der Waals surface area contributed by atoms with Crippen LogP contribution in [-0.2, 0) is 16.1 Å². The van der Waals surface area contributed by atoms with Gasteiger partial charge in [0, 0.05) is 12.7 Å². The molecule has 0 fully saturated rings. The number of carbonyl (C=O) groups is 1. The Balaban J connectivity index is 2.34. The van der Waals surface area contributed by atoms with Gasteiger partial charge in [-0.15, -0.1) is 10.2 Å². The summed E-state index contributed by atoms with van der Waals surface area (Å²) in [6.07, 6.45) is 0.526. The molecule has 1 aromatic carbocycles. The molecule has 0 saturated heterocycles. The molecule has 1 heterocycles. The lowest BCUT2D eigenvalue weighted by atomic mass is 10.2. The van der Waals surface area contributed by atoms with E-state index in [0.29, 0.717) is 24.7 Å². The average molecular weight is 321 g/mol. The van der Waals surface area contributed by atoms with Crippen LogP contribution in [0, 0.1) is 0 Å². The summed E-state index contributed by atoms with van der Waals surface area (Å²) < 4.78 is 7.05. The number of carboxylic acids is 1. The summed E-state index contributed by atoms with van der Waals surface area (Å²) in [7, 11) is 1.63. The summed E-state index contributed by atoms with van der Waals surface area (Å²) in [4.78, 5) is 11.2. The van der Waals surface area contributed by atoms with Gasteiger partial charge in [0.25, 0.3) is 0 Å². The molecule has 1 atom stereocenters. The highest BCUT2D eigenvalue weighted by Crippen LogP contribution is 2.28. The fourth-order valence-electron chi connectivity index (χ4n) is 2.00.